The minimum Gasteiger partial charge on any atom is -0.550 e. The van der Waals surface area contributed by atoms with Gasteiger partial charge in [0.05, 0.1) is 5.97 Å². The Kier molecular flexibility index (Phi) is 14.6. The first-order valence-electron chi connectivity index (χ1n) is 3.58. The molecule has 16 heavy (non-hydrogen) atoms. The first-order valence-corrected chi connectivity index (χ1v) is 3.58. The second kappa shape index (κ2) is 10.4. The van der Waals surface area contributed by atoms with E-state index in [9.17, 15) is 24.6 Å². The van der Waals surface area contributed by atoms with Gasteiger partial charge in [0, 0.05) is 18.5 Å². The molecule has 8 heteroatoms. The van der Waals surface area contributed by atoms with Crippen molar-refractivity contribution in [2.45, 2.75) is 18.9 Å². The van der Waals surface area contributed by atoms with E-state index >= 15 is 0 Å². The SMILES string of the molecule is C=CC(=O)OC(C)(CC(=O)[O-])C(=O)[O-].[K+].[K+]. The second-order valence-corrected chi connectivity index (χ2v) is 2.69. The van der Waals surface area contributed by atoms with Gasteiger partial charge in [0.25, 0.3) is 0 Å². The molecule has 0 aliphatic rings. The van der Waals surface area contributed by atoms with E-state index in [4.69, 9.17) is 0 Å². The number of hydrogen-bond acceptors (Lipinski definition) is 6. The van der Waals surface area contributed by atoms with E-state index < -0.39 is 29.9 Å². The molecule has 0 spiro atoms. The van der Waals surface area contributed by atoms with E-state index in [1.165, 1.54) is 0 Å². The van der Waals surface area contributed by atoms with Crippen molar-refractivity contribution in [2.75, 3.05) is 0 Å². The standard InChI is InChI=1S/C8H10O6.2K/c1-3-6(11)14-8(2,7(12)13)4-5(9)10;;/h3H,1,4H2,2H3,(H,9,10)(H,12,13);;/q;2*+1/p-2. The molecule has 78 valence electrons. The van der Waals surface area contributed by atoms with E-state index in [-0.39, 0.29) is 103 Å². The third-order valence-corrected chi connectivity index (χ3v) is 1.41. The van der Waals surface area contributed by atoms with E-state index in [2.05, 4.69) is 11.3 Å². The molecule has 0 aromatic heterocycles. The molecule has 0 bridgehead atoms. The monoisotopic (exact) mass is 278 g/mol. The number of carbonyl (C=O) groups excluding carboxylic acids is 3. The summed E-state index contributed by atoms with van der Waals surface area (Å²) in [6.07, 6.45) is -0.259. The molecule has 1 atom stereocenters. The zero-order valence-corrected chi connectivity index (χ0v) is 15.7. The summed E-state index contributed by atoms with van der Waals surface area (Å²) in [5.41, 5.74) is -2.23. The Balaban J connectivity index is -0.000000845. The normalized spacial score (nSPS) is 12.1. The number of ether oxygens (including phenoxy) is 1. The molecular weight excluding hydrogens is 270 g/mol. The van der Waals surface area contributed by atoms with Gasteiger partial charge < -0.3 is 24.5 Å². The smallest absolute Gasteiger partial charge is 0.550 e. The zero-order chi connectivity index (χ0) is 11.4. The second-order valence-electron chi connectivity index (χ2n) is 2.69. The number of carboxylic acid groups (broad SMARTS) is 2. The van der Waals surface area contributed by atoms with E-state index in [1.807, 2.05) is 0 Å². The third kappa shape index (κ3) is 8.50. The molecular formula is C8H8K2O6. The topological polar surface area (TPSA) is 107 Å². The predicted octanol–water partition coefficient (Wildman–Crippen LogP) is -8.63. The van der Waals surface area contributed by atoms with Crippen molar-refractivity contribution in [3.05, 3.63) is 12.7 Å². The maximum Gasteiger partial charge on any atom is 1.00 e. The number of hydrogen-bond donors (Lipinski definition) is 0. The Bertz CT molecular complexity index is 290. The molecule has 0 fully saturated rings. The summed E-state index contributed by atoms with van der Waals surface area (Å²) in [4.78, 5) is 31.3. The molecule has 0 aliphatic carbocycles. The predicted molar refractivity (Wildman–Crippen MR) is 39.3 cm³/mol. The summed E-state index contributed by atoms with van der Waals surface area (Å²) in [5.74, 6) is -4.51. The van der Waals surface area contributed by atoms with Gasteiger partial charge in [-0.15, -0.1) is 0 Å². The summed E-state index contributed by atoms with van der Waals surface area (Å²) < 4.78 is 4.32. The van der Waals surface area contributed by atoms with Crippen LogP contribution >= 0.6 is 0 Å². The Morgan fingerprint density at radius 1 is 1.31 bits per heavy atom. The van der Waals surface area contributed by atoms with Crippen LogP contribution in [0, 0.1) is 0 Å². The van der Waals surface area contributed by atoms with Crippen LogP contribution in [-0.2, 0) is 19.1 Å². The van der Waals surface area contributed by atoms with E-state index in [1.54, 1.807) is 0 Å². The molecule has 0 rings (SSSR count). The van der Waals surface area contributed by atoms with Crippen molar-refractivity contribution < 1.29 is 132 Å². The van der Waals surface area contributed by atoms with Gasteiger partial charge in [-0.25, -0.2) is 4.79 Å². The van der Waals surface area contributed by atoms with E-state index in [0.717, 1.165) is 13.0 Å². The summed E-state index contributed by atoms with van der Waals surface area (Å²) >= 11 is 0. The summed E-state index contributed by atoms with van der Waals surface area (Å²) in [7, 11) is 0. The van der Waals surface area contributed by atoms with Gasteiger partial charge in [0.1, 0.15) is 0 Å². The minimum absolute atomic E-state index is 0. The van der Waals surface area contributed by atoms with Gasteiger partial charge >= 0.3 is 109 Å². The molecule has 0 aliphatic heterocycles. The Morgan fingerprint density at radius 2 is 1.75 bits per heavy atom. The average Bonchev–Trinajstić information content (AvgIpc) is 2.02. The van der Waals surface area contributed by atoms with Crippen molar-refractivity contribution >= 4 is 17.9 Å². The van der Waals surface area contributed by atoms with Gasteiger partial charge in [0.2, 0.25) is 0 Å². The number of esters is 1. The minimum atomic E-state index is -2.23. The molecule has 6 nitrogen and oxygen atoms in total. The fourth-order valence-corrected chi connectivity index (χ4v) is 0.689. The Hall–Kier alpha value is 1.42. The first-order chi connectivity index (χ1) is 6.31. The van der Waals surface area contributed by atoms with Crippen LogP contribution in [0.5, 0.6) is 0 Å². The van der Waals surface area contributed by atoms with Crippen LogP contribution in [0.15, 0.2) is 12.7 Å². The van der Waals surface area contributed by atoms with Gasteiger partial charge in [-0.2, -0.15) is 0 Å². The molecule has 0 amide bonds. The molecule has 1 unspecified atom stereocenters. The van der Waals surface area contributed by atoms with Crippen molar-refractivity contribution in [3.63, 3.8) is 0 Å². The van der Waals surface area contributed by atoms with Crippen LogP contribution in [0.25, 0.3) is 0 Å². The van der Waals surface area contributed by atoms with Crippen LogP contribution < -0.4 is 113 Å². The summed E-state index contributed by atoms with van der Waals surface area (Å²) in [6, 6.07) is 0. The fourth-order valence-electron chi connectivity index (χ4n) is 0.689. The van der Waals surface area contributed by atoms with Crippen molar-refractivity contribution in [1.82, 2.24) is 0 Å². The van der Waals surface area contributed by atoms with Crippen LogP contribution in [0.4, 0.5) is 0 Å². The van der Waals surface area contributed by atoms with Crippen LogP contribution in [0.3, 0.4) is 0 Å². The molecule has 0 N–H and O–H groups in total. The van der Waals surface area contributed by atoms with Gasteiger partial charge in [-0.3, -0.25) is 0 Å². The Morgan fingerprint density at radius 3 is 2.00 bits per heavy atom. The molecule has 0 saturated heterocycles. The largest absolute Gasteiger partial charge is 1.00 e. The van der Waals surface area contributed by atoms with Crippen molar-refractivity contribution in [1.29, 1.82) is 0 Å². The molecule has 0 aromatic carbocycles. The maximum absolute atomic E-state index is 10.7. The first kappa shape index (κ1) is 22.6. The molecule has 0 radical (unpaired) electrons. The summed E-state index contributed by atoms with van der Waals surface area (Å²) in [5, 5.41) is 20.7. The molecule has 0 aromatic rings. The number of carboxylic acids is 2. The molecule has 0 heterocycles. The van der Waals surface area contributed by atoms with Crippen LogP contribution in [0.2, 0.25) is 0 Å². The maximum atomic E-state index is 10.7. The third-order valence-electron chi connectivity index (χ3n) is 1.41. The summed E-state index contributed by atoms with van der Waals surface area (Å²) in [6.45, 7) is 3.93. The van der Waals surface area contributed by atoms with Gasteiger partial charge in [-0.1, -0.05) is 6.58 Å². The van der Waals surface area contributed by atoms with Gasteiger partial charge in [0.15, 0.2) is 5.60 Å². The number of rotatable bonds is 5. The van der Waals surface area contributed by atoms with Crippen LogP contribution in [0.1, 0.15) is 13.3 Å². The fraction of sp³-hybridized carbons (Fsp3) is 0.375. The average molecular weight is 278 g/mol. The van der Waals surface area contributed by atoms with Gasteiger partial charge in [-0.05, 0) is 6.92 Å². The Labute approximate surface area is 178 Å². The van der Waals surface area contributed by atoms with Crippen molar-refractivity contribution in [3.8, 4) is 0 Å². The van der Waals surface area contributed by atoms with E-state index in [0.29, 0.717) is 0 Å². The number of carbonyl (C=O) groups is 3. The van der Waals surface area contributed by atoms with Crippen molar-refractivity contribution in [2.24, 2.45) is 0 Å². The zero-order valence-electron chi connectivity index (χ0n) is 9.44. The number of aliphatic carboxylic acids is 2. The van der Waals surface area contributed by atoms with Crippen LogP contribution in [-0.4, -0.2) is 23.5 Å². The molecule has 0 saturated carbocycles. The quantitative estimate of drug-likeness (QED) is 0.281.